The molecule has 0 saturated heterocycles. The molecule has 1 heterocycles. The van der Waals surface area contributed by atoms with E-state index in [9.17, 15) is 14.4 Å². The molecule has 2 unspecified atom stereocenters. The zero-order chi connectivity index (χ0) is 29.0. The van der Waals surface area contributed by atoms with Crippen LogP contribution < -0.4 is 25.8 Å². The Morgan fingerprint density at radius 2 is 1.70 bits per heavy atom. The topological polar surface area (TPSA) is 93.8 Å². The van der Waals surface area contributed by atoms with Gasteiger partial charge in [0.15, 0.2) is 0 Å². The molecule has 4 amide bonds. The maximum Gasteiger partial charge on any atom is 0.319 e. The number of amides is 4. The van der Waals surface area contributed by atoms with Crippen molar-refractivity contribution in [3.8, 4) is 0 Å². The summed E-state index contributed by atoms with van der Waals surface area (Å²) in [5.41, 5.74) is 3.55. The van der Waals surface area contributed by atoms with Crippen molar-refractivity contribution in [1.29, 1.82) is 0 Å². The van der Waals surface area contributed by atoms with Gasteiger partial charge in [0.1, 0.15) is 12.6 Å². The zero-order valence-corrected chi connectivity index (χ0v) is 24.3. The first-order valence-corrected chi connectivity index (χ1v) is 13.6. The van der Waals surface area contributed by atoms with Crippen LogP contribution in [-0.2, 0) is 9.59 Å². The van der Waals surface area contributed by atoms with E-state index in [0.29, 0.717) is 22.8 Å². The van der Waals surface area contributed by atoms with Crippen LogP contribution in [0.4, 0.5) is 21.9 Å². The van der Waals surface area contributed by atoms with Gasteiger partial charge in [0.2, 0.25) is 11.8 Å². The number of halogens is 1. The van der Waals surface area contributed by atoms with E-state index >= 15 is 0 Å². The fourth-order valence-electron chi connectivity index (χ4n) is 4.88. The number of nitrogens with one attached hydrogen (secondary N) is 3. The lowest BCUT2D eigenvalue weighted by Gasteiger charge is -2.28. The van der Waals surface area contributed by atoms with Crippen LogP contribution in [0, 0.1) is 0 Å². The maximum absolute atomic E-state index is 14.0. The third-order valence-corrected chi connectivity index (χ3v) is 6.90. The molecule has 0 bridgehead atoms. The normalized spacial score (nSPS) is 16.9. The minimum Gasteiger partial charge on any atom is -0.378 e. The van der Waals surface area contributed by atoms with E-state index in [2.05, 4.69) is 16.0 Å². The SMILES string of the molecule is CN(C)c1cccc(NC(=O)NC2CC(c3ccc(Cl)cc3)c3ccccc3N(CC(=O)NC(C)(C)C)C2=O)c1. The van der Waals surface area contributed by atoms with Crippen LogP contribution in [0.15, 0.2) is 72.8 Å². The van der Waals surface area contributed by atoms with Crippen LogP contribution in [0.5, 0.6) is 0 Å². The lowest BCUT2D eigenvalue weighted by Crippen LogP contribution is -2.53. The lowest BCUT2D eigenvalue weighted by molar-refractivity contribution is -0.125. The molecule has 2 atom stereocenters. The number of rotatable bonds is 6. The molecule has 210 valence electrons. The number of benzene rings is 3. The predicted molar refractivity (Wildman–Crippen MR) is 161 cm³/mol. The summed E-state index contributed by atoms with van der Waals surface area (Å²) in [6, 6.07) is 21.1. The van der Waals surface area contributed by atoms with Gasteiger partial charge in [-0.3, -0.25) is 9.59 Å². The molecular weight excluding hydrogens is 526 g/mol. The van der Waals surface area contributed by atoms with E-state index < -0.39 is 17.6 Å². The largest absolute Gasteiger partial charge is 0.378 e. The molecule has 3 aromatic carbocycles. The van der Waals surface area contributed by atoms with Gasteiger partial charge in [0, 0.05) is 47.6 Å². The molecule has 3 aromatic rings. The van der Waals surface area contributed by atoms with Crippen molar-refractivity contribution in [3.63, 3.8) is 0 Å². The van der Waals surface area contributed by atoms with Gasteiger partial charge >= 0.3 is 6.03 Å². The van der Waals surface area contributed by atoms with Crippen LogP contribution in [0.1, 0.15) is 44.2 Å². The van der Waals surface area contributed by atoms with Crippen molar-refractivity contribution in [1.82, 2.24) is 10.6 Å². The van der Waals surface area contributed by atoms with E-state index in [1.54, 1.807) is 6.07 Å². The van der Waals surface area contributed by atoms with Crippen molar-refractivity contribution in [3.05, 3.63) is 88.9 Å². The van der Waals surface area contributed by atoms with Gasteiger partial charge in [0.25, 0.3) is 0 Å². The summed E-state index contributed by atoms with van der Waals surface area (Å²) in [6.07, 6.45) is 0.306. The minimum absolute atomic E-state index is 0.175. The summed E-state index contributed by atoms with van der Waals surface area (Å²) in [4.78, 5) is 43.7. The molecule has 0 spiro atoms. The van der Waals surface area contributed by atoms with Gasteiger partial charge < -0.3 is 25.8 Å². The van der Waals surface area contributed by atoms with Crippen LogP contribution >= 0.6 is 11.6 Å². The third kappa shape index (κ3) is 7.12. The fraction of sp³-hybridized carbons (Fsp3) is 0.323. The molecule has 40 heavy (non-hydrogen) atoms. The summed E-state index contributed by atoms with van der Waals surface area (Å²) in [7, 11) is 3.84. The number of anilines is 3. The van der Waals surface area contributed by atoms with E-state index in [1.807, 2.05) is 106 Å². The Labute approximate surface area is 240 Å². The first kappa shape index (κ1) is 29.0. The summed E-state index contributed by atoms with van der Waals surface area (Å²) >= 11 is 6.17. The quantitative estimate of drug-likeness (QED) is 0.377. The number of nitrogens with zero attached hydrogens (tertiary/aromatic N) is 2. The van der Waals surface area contributed by atoms with Crippen LogP contribution in [0.25, 0.3) is 0 Å². The highest BCUT2D eigenvalue weighted by Gasteiger charge is 2.37. The van der Waals surface area contributed by atoms with Crippen molar-refractivity contribution in [2.24, 2.45) is 0 Å². The first-order valence-electron chi connectivity index (χ1n) is 13.2. The smallest absolute Gasteiger partial charge is 0.319 e. The highest BCUT2D eigenvalue weighted by molar-refractivity contribution is 6.30. The number of hydrogen-bond acceptors (Lipinski definition) is 4. The molecule has 8 nitrogen and oxygen atoms in total. The van der Waals surface area contributed by atoms with Crippen molar-refractivity contribution in [2.45, 2.75) is 44.7 Å². The van der Waals surface area contributed by atoms with Crippen LogP contribution in [0.3, 0.4) is 0 Å². The molecule has 1 aliphatic rings. The van der Waals surface area contributed by atoms with Crippen LogP contribution in [-0.4, -0.2) is 50.1 Å². The summed E-state index contributed by atoms with van der Waals surface area (Å²) in [5.74, 6) is -0.870. The first-order chi connectivity index (χ1) is 18.9. The van der Waals surface area contributed by atoms with E-state index in [-0.39, 0.29) is 24.3 Å². The van der Waals surface area contributed by atoms with Gasteiger partial charge in [-0.25, -0.2) is 4.79 Å². The average molecular weight is 562 g/mol. The lowest BCUT2D eigenvalue weighted by atomic mass is 9.86. The van der Waals surface area contributed by atoms with E-state index in [1.165, 1.54) is 4.90 Å². The van der Waals surface area contributed by atoms with Crippen molar-refractivity contribution < 1.29 is 14.4 Å². The number of fused-ring (bicyclic) bond motifs is 1. The number of carbonyl (C=O) groups excluding carboxylic acids is 3. The number of carbonyl (C=O) groups is 3. The molecular formula is C31H36ClN5O3. The molecule has 0 fully saturated rings. The second-order valence-electron chi connectivity index (χ2n) is 11.2. The van der Waals surface area contributed by atoms with Crippen molar-refractivity contribution >= 4 is 46.5 Å². The highest BCUT2D eigenvalue weighted by atomic mass is 35.5. The van der Waals surface area contributed by atoms with Gasteiger partial charge in [-0.15, -0.1) is 0 Å². The Morgan fingerprint density at radius 3 is 2.38 bits per heavy atom. The van der Waals surface area contributed by atoms with Crippen LogP contribution in [0.2, 0.25) is 5.02 Å². The number of urea groups is 1. The van der Waals surface area contributed by atoms with E-state index in [4.69, 9.17) is 11.6 Å². The maximum atomic E-state index is 14.0. The highest BCUT2D eigenvalue weighted by Crippen LogP contribution is 2.39. The van der Waals surface area contributed by atoms with Gasteiger partial charge in [-0.1, -0.05) is 48.0 Å². The molecule has 0 aliphatic carbocycles. The van der Waals surface area contributed by atoms with Gasteiger partial charge in [-0.2, -0.15) is 0 Å². The Bertz CT molecular complexity index is 1380. The fourth-order valence-corrected chi connectivity index (χ4v) is 5.01. The van der Waals surface area contributed by atoms with Gasteiger partial charge in [-0.05, 0) is 74.7 Å². The number of para-hydroxylation sites is 1. The number of hydrogen-bond donors (Lipinski definition) is 3. The van der Waals surface area contributed by atoms with Crippen molar-refractivity contribution in [2.75, 3.05) is 35.8 Å². The summed E-state index contributed by atoms with van der Waals surface area (Å²) < 4.78 is 0. The summed E-state index contributed by atoms with van der Waals surface area (Å²) in [6.45, 7) is 5.49. The third-order valence-electron chi connectivity index (χ3n) is 6.65. The Hall–Kier alpha value is -4.04. The second-order valence-corrected chi connectivity index (χ2v) is 11.7. The molecule has 4 rings (SSSR count). The second kappa shape index (κ2) is 12.0. The standard InChI is InChI=1S/C31H36ClN5O3/c1-31(2,3)35-28(38)19-37-27-12-7-6-11-24(27)25(20-13-15-21(32)16-14-20)18-26(29(37)39)34-30(40)33-22-9-8-10-23(17-22)36(4)5/h6-17,25-26H,18-19H2,1-5H3,(H,35,38)(H2,33,34,40). The monoisotopic (exact) mass is 561 g/mol. The molecule has 0 aromatic heterocycles. The molecule has 0 radical (unpaired) electrons. The molecule has 0 saturated carbocycles. The Kier molecular flexibility index (Phi) is 8.69. The average Bonchev–Trinajstić information content (AvgIpc) is 2.99. The molecule has 1 aliphatic heterocycles. The minimum atomic E-state index is -0.896. The Morgan fingerprint density at radius 1 is 1.00 bits per heavy atom. The predicted octanol–water partition coefficient (Wildman–Crippen LogP) is 5.38. The zero-order valence-electron chi connectivity index (χ0n) is 23.5. The van der Waals surface area contributed by atoms with E-state index in [0.717, 1.165) is 16.8 Å². The Balaban J connectivity index is 1.68. The van der Waals surface area contributed by atoms with Gasteiger partial charge in [0.05, 0.1) is 0 Å². The summed E-state index contributed by atoms with van der Waals surface area (Å²) in [5, 5.41) is 9.29. The molecule has 9 heteroatoms. The molecule has 3 N–H and O–H groups in total.